The first kappa shape index (κ1) is 36.1. The summed E-state index contributed by atoms with van der Waals surface area (Å²) in [7, 11) is 0. The average molecular weight is 541 g/mol. The van der Waals surface area contributed by atoms with Crippen molar-refractivity contribution in [1.82, 2.24) is 0 Å². The van der Waals surface area contributed by atoms with Gasteiger partial charge in [0.05, 0.1) is 45.4 Å². The second-order valence-electron chi connectivity index (χ2n) is 11.0. The van der Waals surface area contributed by atoms with Crippen LogP contribution in [0.25, 0.3) is 0 Å². The maximum atomic E-state index is 11.1. The van der Waals surface area contributed by atoms with E-state index in [4.69, 9.17) is 15.3 Å². The van der Waals surface area contributed by atoms with E-state index in [0.29, 0.717) is 13.0 Å². The molecule has 0 aromatic heterocycles. The standard InChI is InChI=1S/C31H57NO6/c1-2-3-4-5-6-7-8-9-10-11-12-13-14-15-16-17-18-19-20-21-25-32(26-22-29(33)34,27-23-30(35)36)28-24-31(37)38/h19-20H,2-18,21-28H2,1H3,(H2-,33,34,35,36,37,38)/p+1/b20-19+. The van der Waals surface area contributed by atoms with Gasteiger partial charge in [-0.1, -0.05) is 115 Å². The number of carboxylic acid groups (broad SMARTS) is 3. The largest absolute Gasteiger partial charge is 0.481 e. The van der Waals surface area contributed by atoms with Crippen LogP contribution in [-0.2, 0) is 14.4 Å². The van der Waals surface area contributed by atoms with Gasteiger partial charge < -0.3 is 19.8 Å². The second-order valence-corrected chi connectivity index (χ2v) is 11.0. The Morgan fingerprint density at radius 2 is 0.789 bits per heavy atom. The van der Waals surface area contributed by atoms with Crippen LogP contribution < -0.4 is 0 Å². The molecule has 7 nitrogen and oxygen atoms in total. The number of hydrogen-bond acceptors (Lipinski definition) is 3. The quantitative estimate of drug-likeness (QED) is 0.0506. The van der Waals surface area contributed by atoms with Crippen molar-refractivity contribution in [2.45, 2.75) is 142 Å². The molecule has 0 aromatic rings. The zero-order chi connectivity index (χ0) is 28.3. The monoisotopic (exact) mass is 540 g/mol. The molecule has 3 N–H and O–H groups in total. The predicted molar refractivity (Wildman–Crippen MR) is 154 cm³/mol. The van der Waals surface area contributed by atoms with Crippen LogP contribution in [0, 0.1) is 0 Å². The van der Waals surface area contributed by atoms with Crippen molar-refractivity contribution in [1.29, 1.82) is 0 Å². The molecule has 222 valence electrons. The van der Waals surface area contributed by atoms with Crippen molar-refractivity contribution in [3.8, 4) is 0 Å². The zero-order valence-electron chi connectivity index (χ0n) is 24.3. The molecule has 0 radical (unpaired) electrons. The number of unbranched alkanes of at least 4 members (excludes halogenated alkanes) is 16. The zero-order valence-corrected chi connectivity index (χ0v) is 24.3. The Balaban J connectivity index is 3.96. The van der Waals surface area contributed by atoms with Crippen LogP contribution in [-0.4, -0.2) is 63.9 Å². The summed E-state index contributed by atoms with van der Waals surface area (Å²) in [5.74, 6) is -2.84. The van der Waals surface area contributed by atoms with Crippen LogP contribution in [0.15, 0.2) is 12.2 Å². The lowest BCUT2D eigenvalue weighted by Gasteiger charge is -2.37. The summed E-state index contributed by atoms with van der Waals surface area (Å²) in [5.41, 5.74) is 0. The molecular formula is C31H58NO6+. The fourth-order valence-corrected chi connectivity index (χ4v) is 5.06. The molecule has 0 saturated heterocycles. The first-order chi connectivity index (χ1) is 18.3. The summed E-state index contributed by atoms with van der Waals surface area (Å²) in [6.45, 7) is 3.59. The van der Waals surface area contributed by atoms with Crippen LogP contribution in [0.4, 0.5) is 0 Å². The number of aliphatic carboxylic acids is 3. The van der Waals surface area contributed by atoms with Gasteiger partial charge in [-0.15, -0.1) is 0 Å². The van der Waals surface area contributed by atoms with Gasteiger partial charge in [0.2, 0.25) is 0 Å². The van der Waals surface area contributed by atoms with Gasteiger partial charge in [-0.3, -0.25) is 14.4 Å². The molecule has 0 aliphatic rings. The molecule has 0 unspecified atom stereocenters. The molecule has 0 amide bonds. The molecule has 0 aliphatic heterocycles. The first-order valence-electron chi connectivity index (χ1n) is 15.5. The molecule has 0 atom stereocenters. The molecule has 0 bridgehead atoms. The van der Waals surface area contributed by atoms with Crippen LogP contribution in [0.1, 0.15) is 142 Å². The van der Waals surface area contributed by atoms with Gasteiger partial charge in [0.1, 0.15) is 0 Å². The summed E-state index contributed by atoms with van der Waals surface area (Å²) >= 11 is 0. The van der Waals surface area contributed by atoms with Gasteiger partial charge in [0.15, 0.2) is 0 Å². The molecule has 0 fully saturated rings. The van der Waals surface area contributed by atoms with Crippen LogP contribution >= 0.6 is 0 Å². The third kappa shape index (κ3) is 24.4. The lowest BCUT2D eigenvalue weighted by molar-refractivity contribution is -0.926. The van der Waals surface area contributed by atoms with E-state index in [1.54, 1.807) is 0 Å². The summed E-state index contributed by atoms with van der Waals surface area (Å²) in [6.07, 6.45) is 27.3. The first-order valence-corrected chi connectivity index (χ1v) is 15.5. The number of hydrogen-bond donors (Lipinski definition) is 3. The highest BCUT2D eigenvalue weighted by molar-refractivity contribution is 5.67. The molecular weight excluding hydrogens is 482 g/mol. The maximum Gasteiger partial charge on any atom is 0.309 e. The highest BCUT2D eigenvalue weighted by Crippen LogP contribution is 2.16. The van der Waals surface area contributed by atoms with Crippen molar-refractivity contribution in [2.75, 3.05) is 26.2 Å². The Labute approximate surface area is 232 Å². The molecule has 0 saturated carbocycles. The fraction of sp³-hybridized carbons (Fsp3) is 0.839. The van der Waals surface area contributed by atoms with Crippen molar-refractivity contribution in [3.05, 3.63) is 12.2 Å². The smallest absolute Gasteiger partial charge is 0.309 e. The molecule has 0 aromatic carbocycles. The number of carboxylic acids is 3. The molecule has 38 heavy (non-hydrogen) atoms. The number of quaternary nitrogens is 1. The third-order valence-electron chi connectivity index (χ3n) is 7.56. The summed E-state index contributed by atoms with van der Waals surface area (Å²) in [6, 6.07) is 0. The van der Waals surface area contributed by atoms with Gasteiger partial charge in [-0.05, 0) is 12.8 Å². The summed E-state index contributed by atoms with van der Waals surface area (Å²) < 4.78 is 0.217. The minimum Gasteiger partial charge on any atom is -0.481 e. The molecule has 0 rings (SSSR count). The Morgan fingerprint density at radius 3 is 1.13 bits per heavy atom. The van der Waals surface area contributed by atoms with Gasteiger partial charge in [0.25, 0.3) is 0 Å². The topological polar surface area (TPSA) is 112 Å². The van der Waals surface area contributed by atoms with E-state index in [1.165, 1.54) is 96.3 Å². The van der Waals surface area contributed by atoms with Gasteiger partial charge >= 0.3 is 17.9 Å². The lowest BCUT2D eigenvalue weighted by atomic mass is 10.0. The van der Waals surface area contributed by atoms with Crippen LogP contribution in [0.3, 0.4) is 0 Å². The number of carbonyl (C=O) groups is 3. The second kappa shape index (κ2) is 25.4. The normalized spacial score (nSPS) is 11.8. The minimum atomic E-state index is -0.947. The molecule has 7 heteroatoms. The predicted octanol–water partition coefficient (Wildman–Crippen LogP) is 7.83. The van der Waals surface area contributed by atoms with Crippen LogP contribution in [0.5, 0.6) is 0 Å². The van der Waals surface area contributed by atoms with Crippen molar-refractivity contribution < 1.29 is 34.2 Å². The minimum absolute atomic E-state index is 0.0951. The Bertz CT molecular complexity index is 588. The van der Waals surface area contributed by atoms with E-state index in [0.717, 1.165) is 12.8 Å². The number of rotatable bonds is 29. The van der Waals surface area contributed by atoms with Crippen molar-refractivity contribution >= 4 is 17.9 Å². The lowest BCUT2D eigenvalue weighted by Crippen LogP contribution is -2.52. The van der Waals surface area contributed by atoms with Gasteiger partial charge in [0, 0.05) is 6.42 Å². The van der Waals surface area contributed by atoms with E-state index in [9.17, 15) is 14.4 Å². The van der Waals surface area contributed by atoms with E-state index in [-0.39, 0.29) is 43.4 Å². The van der Waals surface area contributed by atoms with Crippen molar-refractivity contribution in [2.24, 2.45) is 0 Å². The number of nitrogens with zero attached hydrogens (tertiary/aromatic N) is 1. The van der Waals surface area contributed by atoms with Gasteiger partial charge in [-0.2, -0.15) is 0 Å². The molecule has 0 aliphatic carbocycles. The van der Waals surface area contributed by atoms with Crippen molar-refractivity contribution in [3.63, 3.8) is 0 Å². The maximum absolute atomic E-state index is 11.1. The fourth-order valence-electron chi connectivity index (χ4n) is 5.06. The number of allylic oxidation sites excluding steroid dienone is 1. The highest BCUT2D eigenvalue weighted by Gasteiger charge is 2.29. The summed E-state index contributed by atoms with van der Waals surface area (Å²) in [4.78, 5) is 33.4. The average Bonchev–Trinajstić information content (AvgIpc) is 2.88. The van der Waals surface area contributed by atoms with E-state index in [2.05, 4.69) is 19.1 Å². The Hall–Kier alpha value is -1.89. The Kier molecular flexibility index (Phi) is 24.1. The highest BCUT2D eigenvalue weighted by atomic mass is 16.4. The SMILES string of the molecule is CCCCCCCCCCCCCCCCCC/C=C/CC[N+](CCC(=O)O)(CCC(=O)O)CCC(=O)O. The molecule has 0 spiro atoms. The summed E-state index contributed by atoms with van der Waals surface area (Å²) in [5, 5.41) is 27.3. The van der Waals surface area contributed by atoms with E-state index >= 15 is 0 Å². The van der Waals surface area contributed by atoms with E-state index < -0.39 is 17.9 Å². The van der Waals surface area contributed by atoms with E-state index in [1.807, 2.05) is 0 Å². The van der Waals surface area contributed by atoms with Crippen LogP contribution in [0.2, 0.25) is 0 Å². The Morgan fingerprint density at radius 1 is 0.474 bits per heavy atom. The molecule has 0 heterocycles. The van der Waals surface area contributed by atoms with Gasteiger partial charge in [-0.25, -0.2) is 0 Å². The third-order valence-corrected chi connectivity index (χ3v) is 7.56.